The van der Waals surface area contributed by atoms with Gasteiger partial charge in [-0.05, 0) is 19.3 Å². The Bertz CT molecular complexity index is 609. The lowest BCUT2D eigenvalue weighted by Gasteiger charge is -2.29. The van der Waals surface area contributed by atoms with Crippen molar-refractivity contribution < 1.29 is 32.9 Å². The number of amides is 1. The molecule has 0 aliphatic rings. The van der Waals surface area contributed by atoms with Gasteiger partial charge in [0.25, 0.3) is 7.82 Å². The van der Waals surface area contributed by atoms with Gasteiger partial charge in [0.05, 0.1) is 39.9 Å². The maximum absolute atomic E-state index is 12.4. The summed E-state index contributed by atoms with van der Waals surface area (Å²) in [6.07, 6.45) is 16.0. The van der Waals surface area contributed by atoms with E-state index in [0.717, 1.165) is 44.9 Å². The van der Waals surface area contributed by atoms with Gasteiger partial charge < -0.3 is 28.8 Å². The molecule has 35 heavy (non-hydrogen) atoms. The smallest absolute Gasteiger partial charge is 0.268 e. The number of nitrogens with one attached hydrogen (secondary N) is 1. The second kappa shape index (κ2) is 20.3. The number of nitrogens with zero attached hydrogens (tertiary/aromatic N) is 1. The molecule has 1 amide bonds. The molecule has 0 spiro atoms. The maximum atomic E-state index is 12.4. The van der Waals surface area contributed by atoms with Crippen LogP contribution in [-0.2, 0) is 18.4 Å². The Labute approximate surface area is 214 Å². The number of likely N-dealkylation sites (N-methyl/N-ethyl adjacent to an activating group) is 1. The number of hydrogen-bond acceptors (Lipinski definition) is 6. The van der Waals surface area contributed by atoms with Crippen molar-refractivity contribution in [1.29, 1.82) is 0 Å². The summed E-state index contributed by atoms with van der Waals surface area (Å²) in [6.45, 7) is 4.43. The molecular formula is C26H53N2O6P. The normalized spacial score (nSPS) is 15.7. The Hall–Kier alpha value is -0.760. The lowest BCUT2D eigenvalue weighted by Crippen LogP contribution is -2.45. The van der Waals surface area contributed by atoms with Gasteiger partial charge in [-0.2, -0.15) is 0 Å². The van der Waals surface area contributed by atoms with E-state index < -0.39 is 20.0 Å². The van der Waals surface area contributed by atoms with Crippen LogP contribution in [0.25, 0.3) is 0 Å². The van der Waals surface area contributed by atoms with Crippen LogP contribution in [0.5, 0.6) is 0 Å². The van der Waals surface area contributed by atoms with Crippen molar-refractivity contribution in [3.8, 4) is 0 Å². The molecule has 0 bridgehead atoms. The number of quaternary nitrogens is 1. The fraction of sp³-hybridized carbons (Fsp3) is 0.885. The molecule has 0 aromatic heterocycles. The van der Waals surface area contributed by atoms with Crippen LogP contribution < -0.4 is 10.2 Å². The fourth-order valence-electron chi connectivity index (χ4n) is 3.44. The molecule has 0 aliphatic heterocycles. The van der Waals surface area contributed by atoms with Gasteiger partial charge in [-0.3, -0.25) is 9.36 Å². The largest absolute Gasteiger partial charge is 0.756 e. The van der Waals surface area contributed by atoms with E-state index in [9.17, 15) is 19.4 Å². The monoisotopic (exact) mass is 520 g/mol. The molecule has 0 heterocycles. The average molecular weight is 521 g/mol. The van der Waals surface area contributed by atoms with Crippen molar-refractivity contribution in [3.05, 3.63) is 12.2 Å². The van der Waals surface area contributed by atoms with Crippen molar-refractivity contribution in [2.75, 3.05) is 40.9 Å². The van der Waals surface area contributed by atoms with E-state index in [1.807, 2.05) is 27.2 Å². The molecule has 0 fully saturated rings. The number of phosphoric acid groups is 1. The summed E-state index contributed by atoms with van der Waals surface area (Å²) in [5.41, 5.74) is 0. The summed E-state index contributed by atoms with van der Waals surface area (Å²) in [5, 5.41) is 13.4. The van der Waals surface area contributed by atoms with E-state index in [-0.39, 0.29) is 19.1 Å². The highest BCUT2D eigenvalue weighted by atomic mass is 31.2. The molecule has 0 saturated carbocycles. The van der Waals surface area contributed by atoms with E-state index in [1.165, 1.54) is 32.1 Å². The number of aliphatic hydroxyl groups excluding tert-OH is 1. The second-order valence-electron chi connectivity index (χ2n) is 10.4. The lowest BCUT2D eigenvalue weighted by molar-refractivity contribution is -0.870. The SMILES string of the molecule is CCCCCCCCC/C=C/C(O)C(COP(=O)([O-])OCC[N+](C)(C)C)NC(=O)CCCCCC. The molecule has 208 valence electrons. The van der Waals surface area contributed by atoms with Crippen LogP contribution >= 0.6 is 7.82 Å². The molecular weight excluding hydrogens is 467 g/mol. The van der Waals surface area contributed by atoms with E-state index in [1.54, 1.807) is 6.08 Å². The summed E-state index contributed by atoms with van der Waals surface area (Å²) in [4.78, 5) is 24.5. The van der Waals surface area contributed by atoms with Gasteiger partial charge in [-0.1, -0.05) is 83.8 Å². The van der Waals surface area contributed by atoms with Crippen molar-refractivity contribution >= 4 is 13.7 Å². The summed E-state index contributed by atoms with van der Waals surface area (Å²) in [7, 11) is 1.25. The molecule has 2 N–H and O–H groups in total. The van der Waals surface area contributed by atoms with Crippen molar-refractivity contribution in [2.45, 2.75) is 109 Å². The van der Waals surface area contributed by atoms with Gasteiger partial charge >= 0.3 is 0 Å². The first-order valence-corrected chi connectivity index (χ1v) is 15.0. The first-order valence-electron chi connectivity index (χ1n) is 13.6. The first kappa shape index (κ1) is 34.2. The molecule has 0 aliphatic carbocycles. The zero-order valence-electron chi connectivity index (χ0n) is 23.0. The molecule has 0 rings (SSSR count). The number of carbonyl (C=O) groups is 1. The Morgan fingerprint density at radius 3 is 2.14 bits per heavy atom. The van der Waals surface area contributed by atoms with E-state index in [0.29, 0.717) is 17.4 Å². The third-order valence-electron chi connectivity index (χ3n) is 5.75. The lowest BCUT2D eigenvalue weighted by atomic mass is 10.1. The molecule has 0 saturated heterocycles. The van der Waals surface area contributed by atoms with Gasteiger partial charge in [0.15, 0.2) is 0 Å². The van der Waals surface area contributed by atoms with Crippen LogP contribution in [-0.4, -0.2) is 68.5 Å². The highest BCUT2D eigenvalue weighted by Crippen LogP contribution is 2.38. The third-order valence-corrected chi connectivity index (χ3v) is 6.71. The minimum Gasteiger partial charge on any atom is -0.756 e. The third kappa shape index (κ3) is 22.2. The molecule has 0 aromatic rings. The van der Waals surface area contributed by atoms with E-state index >= 15 is 0 Å². The van der Waals surface area contributed by atoms with Gasteiger partial charge in [-0.15, -0.1) is 0 Å². The predicted octanol–water partition coefficient (Wildman–Crippen LogP) is 4.71. The van der Waals surface area contributed by atoms with Crippen molar-refractivity contribution in [3.63, 3.8) is 0 Å². The summed E-state index contributed by atoms with van der Waals surface area (Å²) in [6, 6.07) is -0.872. The minimum absolute atomic E-state index is 0.000364. The fourth-order valence-corrected chi connectivity index (χ4v) is 4.16. The van der Waals surface area contributed by atoms with Crippen LogP contribution in [0.1, 0.15) is 97.3 Å². The summed E-state index contributed by atoms with van der Waals surface area (Å²) >= 11 is 0. The van der Waals surface area contributed by atoms with Gasteiger partial charge in [0.2, 0.25) is 5.91 Å². The van der Waals surface area contributed by atoms with E-state index in [4.69, 9.17) is 9.05 Å². The Balaban J connectivity index is 4.71. The number of unbranched alkanes of at least 4 members (excludes halogenated alkanes) is 10. The zero-order chi connectivity index (χ0) is 26.6. The first-order chi connectivity index (χ1) is 16.5. The standard InChI is InChI=1S/C26H53N2O6P/c1-6-8-10-12-13-14-15-16-17-19-25(29)24(27-26(30)20-18-11-9-7-2)23-34-35(31,32)33-22-21-28(3,4)5/h17,19,24-25,29H,6-16,18,20-23H2,1-5H3,(H-,27,30,31,32)/b19-17+. The predicted molar refractivity (Wildman–Crippen MR) is 141 cm³/mol. The molecule has 8 nitrogen and oxygen atoms in total. The van der Waals surface area contributed by atoms with Crippen LogP contribution in [0.4, 0.5) is 0 Å². The number of aliphatic hydroxyl groups is 1. The number of allylic oxidation sites excluding steroid dienone is 1. The Morgan fingerprint density at radius 1 is 0.971 bits per heavy atom. The summed E-state index contributed by atoms with van der Waals surface area (Å²) in [5.74, 6) is -0.221. The minimum atomic E-state index is -4.54. The maximum Gasteiger partial charge on any atom is 0.268 e. The molecule has 3 unspecified atom stereocenters. The van der Waals surface area contributed by atoms with Crippen molar-refractivity contribution in [2.24, 2.45) is 0 Å². The molecule has 0 aromatic carbocycles. The number of rotatable bonds is 23. The number of carbonyl (C=O) groups excluding carboxylic acids is 1. The van der Waals surface area contributed by atoms with Gasteiger partial charge in [0, 0.05) is 6.42 Å². The highest BCUT2D eigenvalue weighted by Gasteiger charge is 2.23. The quantitative estimate of drug-likeness (QED) is 0.0875. The van der Waals surface area contributed by atoms with Crippen LogP contribution in [0.2, 0.25) is 0 Å². The Kier molecular flexibility index (Phi) is 19.9. The Morgan fingerprint density at radius 2 is 1.54 bits per heavy atom. The second-order valence-corrected chi connectivity index (χ2v) is 11.8. The topological polar surface area (TPSA) is 108 Å². The number of phosphoric ester groups is 1. The van der Waals surface area contributed by atoms with Crippen LogP contribution in [0.3, 0.4) is 0 Å². The van der Waals surface area contributed by atoms with Crippen molar-refractivity contribution in [1.82, 2.24) is 5.32 Å². The summed E-state index contributed by atoms with van der Waals surface area (Å²) < 4.78 is 22.7. The highest BCUT2D eigenvalue weighted by molar-refractivity contribution is 7.45. The van der Waals surface area contributed by atoms with Crippen LogP contribution in [0.15, 0.2) is 12.2 Å². The van der Waals surface area contributed by atoms with Crippen LogP contribution in [0, 0.1) is 0 Å². The number of hydrogen-bond donors (Lipinski definition) is 2. The van der Waals surface area contributed by atoms with Gasteiger partial charge in [-0.25, -0.2) is 0 Å². The molecule has 0 radical (unpaired) electrons. The van der Waals surface area contributed by atoms with E-state index in [2.05, 4.69) is 19.2 Å². The molecule has 9 heteroatoms. The average Bonchev–Trinajstić information content (AvgIpc) is 2.77. The zero-order valence-corrected chi connectivity index (χ0v) is 23.9. The van der Waals surface area contributed by atoms with Gasteiger partial charge in [0.1, 0.15) is 13.2 Å². The molecule has 3 atom stereocenters.